The van der Waals surface area contributed by atoms with Gasteiger partial charge in [0, 0.05) is 24.7 Å². The van der Waals surface area contributed by atoms with Gasteiger partial charge in [0.15, 0.2) is 5.82 Å². The molecule has 0 atom stereocenters. The summed E-state index contributed by atoms with van der Waals surface area (Å²) in [5, 5.41) is 11.4. The monoisotopic (exact) mass is 464 g/mol. The number of carbonyl (C=O) groups excluding carboxylic acids is 1. The van der Waals surface area contributed by atoms with Crippen LogP contribution in [-0.2, 0) is 14.8 Å². The van der Waals surface area contributed by atoms with E-state index in [1.807, 2.05) is 0 Å². The van der Waals surface area contributed by atoms with Gasteiger partial charge in [0.25, 0.3) is 0 Å². The number of anilines is 1. The molecule has 1 amide bonds. The summed E-state index contributed by atoms with van der Waals surface area (Å²) < 4.78 is 29.4. The van der Waals surface area contributed by atoms with E-state index >= 15 is 0 Å². The Morgan fingerprint density at radius 1 is 1.19 bits per heavy atom. The minimum atomic E-state index is -3.60. The molecule has 3 N–H and O–H groups in total. The number of nitrogens with two attached hydrogens (primary N) is 1. The highest BCUT2D eigenvalue weighted by molar-refractivity contribution is 7.99. The molecule has 31 heavy (non-hydrogen) atoms. The van der Waals surface area contributed by atoms with Gasteiger partial charge >= 0.3 is 0 Å². The molecule has 0 bridgehead atoms. The summed E-state index contributed by atoms with van der Waals surface area (Å²) in [5.74, 6) is 6.98. The molecule has 1 aliphatic carbocycles. The Morgan fingerprint density at radius 2 is 1.90 bits per heavy atom. The Morgan fingerprint density at radius 3 is 2.58 bits per heavy atom. The quantitative estimate of drug-likeness (QED) is 0.476. The number of thioether (sulfide) groups is 1. The van der Waals surface area contributed by atoms with Gasteiger partial charge in [0.2, 0.25) is 21.1 Å². The van der Waals surface area contributed by atoms with E-state index in [2.05, 4.69) is 15.5 Å². The van der Waals surface area contributed by atoms with Crippen molar-refractivity contribution in [3.63, 3.8) is 0 Å². The van der Waals surface area contributed by atoms with Gasteiger partial charge in [-0.2, -0.15) is 4.31 Å². The molecular weight excluding hydrogens is 436 g/mol. The maximum absolute atomic E-state index is 13.2. The van der Waals surface area contributed by atoms with Crippen LogP contribution < -0.4 is 11.2 Å². The second kappa shape index (κ2) is 9.17. The molecule has 1 aromatic carbocycles. The Bertz CT molecular complexity index is 1060. The highest BCUT2D eigenvalue weighted by atomic mass is 32.2. The third-order valence-electron chi connectivity index (χ3n) is 5.62. The predicted octanol–water partition coefficient (Wildman–Crippen LogP) is 2.47. The first-order valence-electron chi connectivity index (χ1n) is 10.6. The van der Waals surface area contributed by atoms with Crippen molar-refractivity contribution in [2.75, 3.05) is 30.0 Å². The van der Waals surface area contributed by atoms with Crippen LogP contribution in [-0.4, -0.2) is 52.3 Å². The number of sulfonamides is 1. The molecule has 0 radical (unpaired) electrons. The van der Waals surface area contributed by atoms with Gasteiger partial charge in [-0.1, -0.05) is 30.7 Å². The van der Waals surface area contributed by atoms with Crippen molar-refractivity contribution in [3.8, 4) is 0 Å². The standard InChI is InChI=1S/C20H28N6O3S2/c1-14-6-9-16(12-17(14)31(28,29)25-10-4-2-3-5-11-25)22-18(27)13-30-20-24-23-19(26(20)21)15-7-8-15/h6,9,12,15H,2-5,7-8,10-11,13,21H2,1H3,(H,22,27). The lowest BCUT2D eigenvalue weighted by Gasteiger charge is -2.21. The molecule has 1 saturated carbocycles. The van der Waals surface area contributed by atoms with E-state index in [1.165, 1.54) is 16.4 Å². The van der Waals surface area contributed by atoms with Crippen LogP contribution in [0.4, 0.5) is 5.69 Å². The van der Waals surface area contributed by atoms with E-state index < -0.39 is 10.0 Å². The van der Waals surface area contributed by atoms with Crippen molar-refractivity contribution in [1.29, 1.82) is 0 Å². The number of aromatic nitrogens is 3. The molecule has 9 nitrogen and oxygen atoms in total. The molecule has 0 spiro atoms. The normalized spacial score (nSPS) is 18.0. The molecule has 2 fully saturated rings. The number of benzene rings is 1. The number of amides is 1. The van der Waals surface area contributed by atoms with Crippen LogP contribution in [0.5, 0.6) is 0 Å². The highest BCUT2D eigenvalue weighted by Gasteiger charge is 2.30. The lowest BCUT2D eigenvalue weighted by atomic mass is 10.2. The SMILES string of the molecule is Cc1ccc(NC(=O)CSc2nnc(C3CC3)n2N)cc1S(=O)(=O)N1CCCCCC1. The Balaban J connectivity index is 1.42. The third-order valence-corrected chi connectivity index (χ3v) is 8.60. The first-order valence-corrected chi connectivity index (χ1v) is 13.0. The van der Waals surface area contributed by atoms with Gasteiger partial charge in [-0.3, -0.25) is 4.79 Å². The van der Waals surface area contributed by atoms with Crippen LogP contribution in [0.25, 0.3) is 0 Å². The van der Waals surface area contributed by atoms with E-state index in [0.717, 1.165) is 44.3 Å². The first-order chi connectivity index (χ1) is 14.9. The summed E-state index contributed by atoms with van der Waals surface area (Å²) in [5.41, 5.74) is 1.12. The van der Waals surface area contributed by atoms with Crippen molar-refractivity contribution < 1.29 is 13.2 Å². The van der Waals surface area contributed by atoms with Gasteiger partial charge in [-0.25, -0.2) is 13.1 Å². The summed E-state index contributed by atoms with van der Waals surface area (Å²) >= 11 is 1.20. The largest absolute Gasteiger partial charge is 0.336 e. The lowest BCUT2D eigenvalue weighted by molar-refractivity contribution is -0.113. The second-order valence-corrected chi connectivity index (χ2v) is 11.0. The second-order valence-electron chi connectivity index (χ2n) is 8.12. The van der Waals surface area contributed by atoms with Gasteiger partial charge < -0.3 is 11.2 Å². The van der Waals surface area contributed by atoms with Gasteiger partial charge in [-0.15, -0.1) is 10.2 Å². The predicted molar refractivity (Wildman–Crippen MR) is 120 cm³/mol. The Hall–Kier alpha value is -2.11. The molecule has 1 aliphatic heterocycles. The number of hydrogen-bond acceptors (Lipinski definition) is 7. The average molecular weight is 465 g/mol. The fraction of sp³-hybridized carbons (Fsp3) is 0.550. The van der Waals surface area contributed by atoms with Crippen LogP contribution in [0.3, 0.4) is 0 Å². The molecule has 1 aromatic heterocycles. The first kappa shape index (κ1) is 22.1. The lowest BCUT2D eigenvalue weighted by Crippen LogP contribution is -2.32. The molecule has 2 heterocycles. The van der Waals surface area contributed by atoms with Gasteiger partial charge in [-0.05, 0) is 50.3 Å². The van der Waals surface area contributed by atoms with Gasteiger partial charge in [0.05, 0.1) is 10.6 Å². The Labute approximate surface area is 186 Å². The van der Waals surface area contributed by atoms with Crippen LogP contribution in [0.1, 0.15) is 55.8 Å². The molecule has 0 unspecified atom stereocenters. The highest BCUT2D eigenvalue weighted by Crippen LogP contribution is 2.39. The number of rotatable bonds is 7. The number of carbonyl (C=O) groups is 1. The molecule has 2 aliphatic rings. The van der Waals surface area contributed by atoms with Crippen molar-refractivity contribution in [2.24, 2.45) is 0 Å². The van der Waals surface area contributed by atoms with Gasteiger partial charge in [0.1, 0.15) is 0 Å². The van der Waals surface area contributed by atoms with Crippen LogP contribution >= 0.6 is 11.8 Å². The van der Waals surface area contributed by atoms with Crippen LogP contribution in [0.15, 0.2) is 28.3 Å². The maximum atomic E-state index is 13.2. The van der Waals surface area contributed by atoms with Crippen LogP contribution in [0.2, 0.25) is 0 Å². The summed E-state index contributed by atoms with van der Waals surface area (Å²) in [6.45, 7) is 2.85. The van der Waals surface area contributed by atoms with Crippen molar-refractivity contribution in [3.05, 3.63) is 29.6 Å². The molecular formula is C20H28N6O3S2. The fourth-order valence-electron chi connectivity index (χ4n) is 3.71. The van der Waals surface area contributed by atoms with Crippen molar-refractivity contribution in [1.82, 2.24) is 19.2 Å². The van der Waals surface area contributed by atoms with E-state index in [0.29, 0.717) is 35.4 Å². The molecule has 1 saturated heterocycles. The zero-order chi connectivity index (χ0) is 22.0. The number of aryl methyl sites for hydroxylation is 1. The molecule has 4 rings (SSSR count). The minimum absolute atomic E-state index is 0.0993. The van der Waals surface area contributed by atoms with E-state index in [1.54, 1.807) is 29.4 Å². The number of nitrogen functional groups attached to an aromatic ring is 1. The summed E-state index contributed by atoms with van der Waals surface area (Å²) in [4.78, 5) is 12.7. The third kappa shape index (κ3) is 5.04. The molecule has 168 valence electrons. The summed E-state index contributed by atoms with van der Waals surface area (Å²) in [6, 6.07) is 5.00. The molecule has 11 heteroatoms. The zero-order valence-corrected chi connectivity index (χ0v) is 19.2. The van der Waals surface area contributed by atoms with Crippen molar-refractivity contribution >= 4 is 33.4 Å². The fourth-order valence-corrected chi connectivity index (χ4v) is 6.14. The van der Waals surface area contributed by atoms with Crippen LogP contribution in [0, 0.1) is 6.92 Å². The maximum Gasteiger partial charge on any atom is 0.243 e. The number of nitrogens with zero attached hydrogens (tertiary/aromatic N) is 4. The zero-order valence-electron chi connectivity index (χ0n) is 17.6. The number of nitrogens with one attached hydrogen (secondary N) is 1. The molecule has 2 aromatic rings. The minimum Gasteiger partial charge on any atom is -0.336 e. The van der Waals surface area contributed by atoms with E-state index in [-0.39, 0.29) is 16.6 Å². The average Bonchev–Trinajstić information content (AvgIpc) is 3.55. The van der Waals surface area contributed by atoms with E-state index in [4.69, 9.17) is 5.84 Å². The summed E-state index contributed by atoms with van der Waals surface area (Å²) in [6.07, 6.45) is 5.99. The smallest absolute Gasteiger partial charge is 0.243 e. The Kier molecular flexibility index (Phi) is 6.54. The van der Waals surface area contributed by atoms with E-state index in [9.17, 15) is 13.2 Å². The summed E-state index contributed by atoms with van der Waals surface area (Å²) in [7, 11) is -3.60. The number of hydrogen-bond donors (Lipinski definition) is 2. The topological polar surface area (TPSA) is 123 Å². The van der Waals surface area contributed by atoms with Crippen molar-refractivity contribution in [2.45, 2.75) is 61.4 Å².